The Morgan fingerprint density at radius 2 is 1.25 bits per heavy atom. The Labute approximate surface area is 312 Å². The third-order valence-corrected chi connectivity index (χ3v) is 9.92. The minimum absolute atomic E-state index is 0. The molecule has 9 aromatic rings. The fourth-order valence-electron chi connectivity index (χ4n) is 7.28. The van der Waals surface area contributed by atoms with Crippen molar-refractivity contribution in [3.8, 4) is 34.0 Å². The number of ether oxygens (including phenoxy) is 1. The van der Waals surface area contributed by atoms with Crippen LogP contribution in [0.15, 0.2) is 115 Å². The van der Waals surface area contributed by atoms with E-state index in [-0.39, 0.29) is 31.9 Å². The smallest absolute Gasteiger partial charge is 0.497 e. The van der Waals surface area contributed by atoms with Crippen LogP contribution in [0.3, 0.4) is 0 Å². The first-order valence-electron chi connectivity index (χ1n) is 17.2. The topological polar surface area (TPSA) is 39.4 Å². The number of fused-ring (bicyclic) bond motifs is 5. The molecule has 0 bridgehead atoms. The zero-order valence-electron chi connectivity index (χ0n) is 29.5. The summed E-state index contributed by atoms with van der Waals surface area (Å²) in [7, 11) is 0. The van der Waals surface area contributed by atoms with Gasteiger partial charge in [-0.2, -0.15) is 0 Å². The van der Waals surface area contributed by atoms with Crippen LogP contribution < -0.4 is 4.74 Å². The van der Waals surface area contributed by atoms with Gasteiger partial charge in [-0.25, -0.2) is 0 Å². The van der Waals surface area contributed by atoms with Crippen LogP contribution in [-0.4, -0.2) is 14.4 Å². The van der Waals surface area contributed by atoms with Gasteiger partial charge in [0.05, 0.1) is 16.6 Å². The van der Waals surface area contributed by atoms with Gasteiger partial charge in [0, 0.05) is 44.8 Å². The van der Waals surface area contributed by atoms with Crippen LogP contribution >= 0.6 is 0 Å². The Morgan fingerprint density at radius 3 is 2.06 bits per heavy atom. The Morgan fingerprint density at radius 1 is 0.569 bits per heavy atom. The number of benzene rings is 5. The van der Waals surface area contributed by atoms with Gasteiger partial charge in [-0.15, -0.1) is 41.0 Å². The summed E-state index contributed by atoms with van der Waals surface area (Å²) in [6, 6.07) is 45.6. The number of nitrogens with zero attached hydrogens (tertiary/aromatic N) is 3. The summed E-state index contributed by atoms with van der Waals surface area (Å²) in [5, 5.41) is 6.12. The van der Waals surface area contributed by atoms with Crippen LogP contribution in [0.25, 0.3) is 71.5 Å². The number of pyridine rings is 3. The second kappa shape index (κ2) is 12.0. The molecule has 9 rings (SSSR count). The maximum absolute atomic E-state index is 6.58. The molecule has 4 heterocycles. The van der Waals surface area contributed by atoms with E-state index >= 15 is 0 Å². The van der Waals surface area contributed by atoms with E-state index in [1.165, 1.54) is 38.1 Å². The molecule has 0 saturated carbocycles. The van der Waals surface area contributed by atoms with Gasteiger partial charge in [-0.1, -0.05) is 120 Å². The minimum atomic E-state index is -0.134. The summed E-state index contributed by atoms with van der Waals surface area (Å²) < 4.78 is 9.00. The molecule has 0 amide bonds. The molecule has 0 fully saturated rings. The van der Waals surface area contributed by atoms with Crippen LogP contribution in [0.1, 0.15) is 52.7 Å². The second-order valence-electron chi connectivity index (χ2n) is 15.4. The summed E-state index contributed by atoms with van der Waals surface area (Å²) in [6.45, 7) is 13.3. The molecule has 0 saturated heterocycles. The predicted octanol–water partition coefficient (Wildman–Crippen LogP) is 12.1. The Hall–Kier alpha value is -5.05. The van der Waals surface area contributed by atoms with Crippen molar-refractivity contribution in [3.05, 3.63) is 139 Å². The fraction of sp³-hybridized carbons (Fsp3) is 0.174. The molecular weight excluding hydrogens is 806 g/mol. The summed E-state index contributed by atoms with van der Waals surface area (Å²) in [4.78, 5) is 9.95. The molecule has 0 aliphatic heterocycles. The first kappa shape index (κ1) is 33.1. The van der Waals surface area contributed by atoms with E-state index in [9.17, 15) is 0 Å². The van der Waals surface area contributed by atoms with Crippen molar-refractivity contribution in [2.45, 2.75) is 52.4 Å². The van der Waals surface area contributed by atoms with Crippen LogP contribution in [-0.2, 0) is 31.9 Å². The van der Waals surface area contributed by atoms with Crippen molar-refractivity contribution in [2.24, 2.45) is 0 Å². The Balaban J connectivity index is 0.00000374. The van der Waals surface area contributed by atoms with Gasteiger partial charge in [-0.3, -0.25) is 4.98 Å². The van der Waals surface area contributed by atoms with E-state index in [1.807, 2.05) is 24.4 Å². The van der Waals surface area contributed by atoms with Gasteiger partial charge in [0.2, 0.25) is 0 Å². The molecule has 0 aliphatic rings. The monoisotopic (exact) mass is 842 g/mol. The normalized spacial score (nSPS) is 12.4. The average molecular weight is 843 g/mol. The van der Waals surface area contributed by atoms with Gasteiger partial charge >= 0.3 is 21.1 Å². The molecule has 5 aromatic carbocycles. The molecular formula is C46H37N3OPt. The molecule has 0 N–H and O–H groups in total. The van der Waals surface area contributed by atoms with Crippen molar-refractivity contribution >= 4 is 49.0 Å². The molecule has 0 atom stereocenters. The fourth-order valence-corrected chi connectivity index (χ4v) is 7.28. The summed E-state index contributed by atoms with van der Waals surface area (Å²) in [5.74, 6) is 1.24. The van der Waals surface area contributed by atoms with E-state index in [0.29, 0.717) is 11.5 Å². The molecule has 252 valence electrons. The van der Waals surface area contributed by atoms with E-state index in [4.69, 9.17) is 9.72 Å². The van der Waals surface area contributed by atoms with Gasteiger partial charge < -0.3 is 14.1 Å². The minimum Gasteiger partial charge on any atom is -0.497 e. The summed E-state index contributed by atoms with van der Waals surface area (Å²) >= 11 is 0. The van der Waals surface area contributed by atoms with Crippen molar-refractivity contribution in [1.82, 2.24) is 14.4 Å². The molecule has 51 heavy (non-hydrogen) atoms. The van der Waals surface area contributed by atoms with Gasteiger partial charge in [-0.05, 0) is 51.4 Å². The second-order valence-corrected chi connectivity index (χ2v) is 15.4. The first-order chi connectivity index (χ1) is 24.0. The molecule has 5 heteroatoms. The molecule has 4 nitrogen and oxygen atoms in total. The summed E-state index contributed by atoms with van der Waals surface area (Å²) in [6.07, 6.45) is 1.87. The van der Waals surface area contributed by atoms with Gasteiger partial charge in [0.25, 0.3) is 0 Å². The SMILES string of the molecule is CC(C)(C)c1cc(Oc2[c-]c(-c3cc(C(C)(C)C)ccn3)ccc2)[c-]c(-c2cc3c4c(cccc4c4cccc5c6ccccc6n3c45)n2)c1.[Pt+2]. The Kier molecular flexibility index (Phi) is 7.81. The molecule has 4 aromatic heterocycles. The van der Waals surface area contributed by atoms with Crippen molar-refractivity contribution in [2.75, 3.05) is 0 Å². The standard InChI is InChI=1S/C46H37N3O.Pt/c1-45(2,3)30-20-21-47-39(26-30)28-12-9-13-32(23-28)50-33-24-29(22-31(25-33)46(4,5)6)40-27-42-43-35(15-11-18-38(43)48-40)37-17-10-16-36-34-14-7-8-19-41(34)49(42)44(36)37;/h7-22,25-27H,1-6H3;/q-2;+2. The third kappa shape index (κ3) is 5.58. The molecule has 0 spiro atoms. The maximum Gasteiger partial charge on any atom is 2.00 e. The number of aromatic nitrogens is 3. The van der Waals surface area contributed by atoms with E-state index in [1.54, 1.807) is 0 Å². The molecule has 0 aliphatic carbocycles. The van der Waals surface area contributed by atoms with Crippen molar-refractivity contribution in [3.63, 3.8) is 0 Å². The van der Waals surface area contributed by atoms with Gasteiger partial charge in [0.1, 0.15) is 0 Å². The Bertz CT molecular complexity index is 2760. The molecule has 0 radical (unpaired) electrons. The van der Waals surface area contributed by atoms with Crippen molar-refractivity contribution in [1.29, 1.82) is 0 Å². The zero-order chi connectivity index (χ0) is 34.4. The number of hydrogen-bond donors (Lipinski definition) is 0. The van der Waals surface area contributed by atoms with E-state index in [0.717, 1.165) is 44.5 Å². The van der Waals surface area contributed by atoms with Crippen LogP contribution in [0.4, 0.5) is 0 Å². The number of hydrogen-bond acceptors (Lipinski definition) is 3. The summed E-state index contributed by atoms with van der Waals surface area (Å²) in [5.41, 5.74) is 10.3. The average Bonchev–Trinajstić information content (AvgIpc) is 3.45. The van der Waals surface area contributed by atoms with Crippen molar-refractivity contribution < 1.29 is 25.8 Å². The maximum atomic E-state index is 6.58. The number of para-hydroxylation sites is 2. The van der Waals surface area contributed by atoms with E-state index in [2.05, 4.69) is 154 Å². The van der Waals surface area contributed by atoms with Gasteiger partial charge in [0.15, 0.2) is 0 Å². The van der Waals surface area contributed by atoms with Crippen LogP contribution in [0, 0.1) is 12.1 Å². The zero-order valence-corrected chi connectivity index (χ0v) is 31.8. The largest absolute Gasteiger partial charge is 2.00 e. The first-order valence-corrected chi connectivity index (χ1v) is 17.2. The number of rotatable bonds is 4. The predicted molar refractivity (Wildman–Crippen MR) is 207 cm³/mol. The van der Waals surface area contributed by atoms with Crippen LogP contribution in [0.2, 0.25) is 0 Å². The quantitative estimate of drug-likeness (QED) is 0.101. The molecule has 0 unspecified atom stereocenters. The van der Waals surface area contributed by atoms with E-state index < -0.39 is 0 Å². The third-order valence-electron chi connectivity index (χ3n) is 9.92. The van der Waals surface area contributed by atoms with Crippen LogP contribution in [0.5, 0.6) is 11.5 Å².